The van der Waals surface area contributed by atoms with E-state index in [1.54, 1.807) is 12.1 Å². The smallest absolute Gasteiger partial charge is 0.280 e. The second-order valence-corrected chi connectivity index (χ2v) is 5.29. The lowest BCUT2D eigenvalue weighted by molar-refractivity contribution is -0.383. The lowest BCUT2D eigenvalue weighted by Gasteiger charge is -2.13. The van der Waals surface area contributed by atoms with E-state index in [0.717, 1.165) is 23.0 Å². The summed E-state index contributed by atoms with van der Waals surface area (Å²) in [5.41, 5.74) is 2.17. The number of unbranched alkanes of at least 4 members (excludes halogenated alkanes) is 1. The highest BCUT2D eigenvalue weighted by Crippen LogP contribution is 2.36. The molecule has 0 atom stereocenters. The molecule has 7 heteroatoms. The average molecular weight is 348 g/mol. The van der Waals surface area contributed by atoms with Crippen molar-refractivity contribution >= 4 is 45.6 Å². The lowest BCUT2D eigenvalue weighted by Crippen LogP contribution is -2.05. The Kier molecular flexibility index (Phi) is 5.89. The molecule has 2 N–H and O–H groups in total. The number of pyridine rings is 1. The SMILES string of the molecule is Cl.O=[N+]([O-])c1cccc2nc3ccccc3c(NCCCCO)c12. The van der Waals surface area contributed by atoms with E-state index in [-0.39, 0.29) is 29.6 Å². The number of aliphatic hydroxyl groups excluding tert-OH is 1. The van der Waals surface area contributed by atoms with Gasteiger partial charge in [-0.05, 0) is 25.0 Å². The summed E-state index contributed by atoms with van der Waals surface area (Å²) in [6.45, 7) is 0.773. The first-order valence-corrected chi connectivity index (χ1v) is 7.53. The third-order valence-corrected chi connectivity index (χ3v) is 3.77. The van der Waals surface area contributed by atoms with Crippen LogP contribution < -0.4 is 5.32 Å². The van der Waals surface area contributed by atoms with Crippen LogP contribution in [0.3, 0.4) is 0 Å². The molecule has 0 radical (unpaired) electrons. The van der Waals surface area contributed by atoms with Gasteiger partial charge >= 0.3 is 0 Å². The molecule has 126 valence electrons. The van der Waals surface area contributed by atoms with E-state index < -0.39 is 0 Å². The molecule has 2 aromatic carbocycles. The minimum atomic E-state index is -0.377. The van der Waals surface area contributed by atoms with Gasteiger partial charge in [0.2, 0.25) is 0 Å². The first-order chi connectivity index (χ1) is 11.2. The Morgan fingerprint density at radius 3 is 2.58 bits per heavy atom. The number of nitrogens with zero attached hydrogens (tertiary/aromatic N) is 2. The number of aliphatic hydroxyl groups is 1. The Hall–Kier alpha value is -2.44. The van der Waals surface area contributed by atoms with Crippen molar-refractivity contribution in [1.29, 1.82) is 0 Å². The van der Waals surface area contributed by atoms with Crippen LogP contribution in [0.15, 0.2) is 42.5 Å². The molecule has 3 rings (SSSR count). The maximum atomic E-state index is 11.4. The van der Waals surface area contributed by atoms with Crippen molar-refractivity contribution in [2.45, 2.75) is 12.8 Å². The first-order valence-electron chi connectivity index (χ1n) is 7.53. The van der Waals surface area contributed by atoms with Gasteiger partial charge in [-0.1, -0.05) is 24.3 Å². The molecular weight excluding hydrogens is 330 g/mol. The number of nitrogens with one attached hydrogen (secondary N) is 1. The Labute approximate surface area is 145 Å². The fraction of sp³-hybridized carbons (Fsp3) is 0.235. The summed E-state index contributed by atoms with van der Waals surface area (Å²) >= 11 is 0. The van der Waals surface area contributed by atoms with Crippen molar-refractivity contribution in [3.63, 3.8) is 0 Å². The minimum absolute atomic E-state index is 0. The van der Waals surface area contributed by atoms with Crippen molar-refractivity contribution < 1.29 is 10.0 Å². The zero-order chi connectivity index (χ0) is 16.2. The normalized spacial score (nSPS) is 10.5. The number of aromatic nitrogens is 1. The maximum Gasteiger partial charge on any atom is 0.280 e. The van der Waals surface area contributed by atoms with E-state index in [1.165, 1.54) is 6.07 Å². The van der Waals surface area contributed by atoms with Crippen molar-refractivity contribution in [3.05, 3.63) is 52.6 Å². The van der Waals surface area contributed by atoms with Crippen LogP contribution in [-0.2, 0) is 0 Å². The topological polar surface area (TPSA) is 88.3 Å². The monoisotopic (exact) mass is 347 g/mol. The maximum absolute atomic E-state index is 11.4. The number of nitro benzene ring substituents is 1. The number of hydrogen-bond donors (Lipinski definition) is 2. The van der Waals surface area contributed by atoms with E-state index in [4.69, 9.17) is 5.11 Å². The van der Waals surface area contributed by atoms with Crippen molar-refractivity contribution in [1.82, 2.24) is 4.98 Å². The number of para-hydroxylation sites is 1. The highest BCUT2D eigenvalue weighted by molar-refractivity contribution is 6.11. The first kappa shape index (κ1) is 17.9. The molecule has 1 aromatic heterocycles. The number of halogens is 1. The highest BCUT2D eigenvalue weighted by atomic mass is 35.5. The molecule has 1 heterocycles. The fourth-order valence-electron chi connectivity index (χ4n) is 2.71. The van der Waals surface area contributed by atoms with Crippen LogP contribution >= 0.6 is 12.4 Å². The Morgan fingerprint density at radius 1 is 1.08 bits per heavy atom. The summed E-state index contributed by atoms with van der Waals surface area (Å²) in [6.07, 6.45) is 1.48. The molecule has 0 amide bonds. The number of benzene rings is 2. The van der Waals surface area contributed by atoms with Gasteiger partial charge in [0.15, 0.2) is 0 Å². The van der Waals surface area contributed by atoms with Gasteiger partial charge in [-0.3, -0.25) is 10.1 Å². The van der Waals surface area contributed by atoms with Gasteiger partial charge in [0, 0.05) is 24.6 Å². The lowest BCUT2D eigenvalue weighted by atomic mass is 10.1. The van der Waals surface area contributed by atoms with Gasteiger partial charge in [-0.2, -0.15) is 0 Å². The summed E-state index contributed by atoms with van der Waals surface area (Å²) in [4.78, 5) is 15.6. The van der Waals surface area contributed by atoms with E-state index in [1.807, 2.05) is 24.3 Å². The van der Waals surface area contributed by atoms with Crippen LogP contribution in [0.5, 0.6) is 0 Å². The van der Waals surface area contributed by atoms with Crippen molar-refractivity contribution in [3.8, 4) is 0 Å². The number of hydrogen-bond acceptors (Lipinski definition) is 5. The summed E-state index contributed by atoms with van der Waals surface area (Å²) in [6, 6.07) is 12.5. The molecule has 0 saturated carbocycles. The summed E-state index contributed by atoms with van der Waals surface area (Å²) in [5, 5.41) is 25.0. The molecule has 0 aliphatic heterocycles. The predicted molar refractivity (Wildman–Crippen MR) is 98.0 cm³/mol. The molecule has 24 heavy (non-hydrogen) atoms. The quantitative estimate of drug-likeness (QED) is 0.305. The van der Waals surface area contributed by atoms with Gasteiger partial charge in [0.1, 0.15) is 5.39 Å². The van der Waals surface area contributed by atoms with Gasteiger partial charge in [-0.15, -0.1) is 12.4 Å². The van der Waals surface area contributed by atoms with Crippen molar-refractivity contribution in [2.75, 3.05) is 18.5 Å². The van der Waals surface area contributed by atoms with E-state index in [0.29, 0.717) is 23.9 Å². The van der Waals surface area contributed by atoms with E-state index >= 15 is 0 Å². The molecule has 3 aromatic rings. The summed E-state index contributed by atoms with van der Waals surface area (Å²) in [5.74, 6) is 0. The van der Waals surface area contributed by atoms with Crippen LogP contribution in [0.25, 0.3) is 21.8 Å². The van der Waals surface area contributed by atoms with Gasteiger partial charge < -0.3 is 10.4 Å². The van der Waals surface area contributed by atoms with Crippen LogP contribution in [-0.4, -0.2) is 28.2 Å². The zero-order valence-corrected chi connectivity index (χ0v) is 13.8. The standard InChI is InChI=1S/C17H17N3O3.ClH/c21-11-4-3-10-18-17-12-6-1-2-7-13(12)19-14-8-5-9-15(16(14)17)20(22)23;/h1-2,5-9,21H,3-4,10-11H2,(H,18,19);1H. The number of fused-ring (bicyclic) bond motifs is 2. The third kappa shape index (κ3) is 3.39. The molecule has 0 aliphatic carbocycles. The molecule has 6 nitrogen and oxygen atoms in total. The third-order valence-electron chi connectivity index (χ3n) is 3.77. The second-order valence-electron chi connectivity index (χ2n) is 5.29. The number of non-ortho nitro benzene ring substituents is 1. The molecule has 0 bridgehead atoms. The van der Waals surface area contributed by atoms with Crippen LogP contribution in [0.1, 0.15) is 12.8 Å². The van der Waals surface area contributed by atoms with E-state index in [2.05, 4.69) is 10.3 Å². The van der Waals surface area contributed by atoms with Gasteiger partial charge in [0.25, 0.3) is 5.69 Å². The zero-order valence-electron chi connectivity index (χ0n) is 12.9. The minimum Gasteiger partial charge on any atom is -0.396 e. The molecule has 0 saturated heterocycles. The Morgan fingerprint density at radius 2 is 1.83 bits per heavy atom. The number of anilines is 1. The van der Waals surface area contributed by atoms with Crippen molar-refractivity contribution in [2.24, 2.45) is 0 Å². The van der Waals surface area contributed by atoms with Crippen LogP contribution in [0.2, 0.25) is 0 Å². The number of rotatable bonds is 6. The molecule has 0 fully saturated rings. The largest absolute Gasteiger partial charge is 0.396 e. The second kappa shape index (κ2) is 7.90. The molecule has 0 unspecified atom stereocenters. The molecule has 0 aliphatic rings. The average Bonchev–Trinajstić information content (AvgIpc) is 2.57. The summed E-state index contributed by atoms with van der Waals surface area (Å²) < 4.78 is 0. The molecular formula is C17H18ClN3O3. The fourth-order valence-corrected chi connectivity index (χ4v) is 2.71. The van der Waals surface area contributed by atoms with E-state index in [9.17, 15) is 10.1 Å². The highest BCUT2D eigenvalue weighted by Gasteiger charge is 2.18. The predicted octanol–water partition coefficient (Wildman–Crippen LogP) is 3.90. The molecule has 0 spiro atoms. The Bertz CT molecular complexity index is 870. The Balaban J connectivity index is 0.00000208. The number of nitro groups is 1. The summed E-state index contributed by atoms with van der Waals surface area (Å²) in [7, 11) is 0. The van der Waals surface area contributed by atoms with Crippen LogP contribution in [0, 0.1) is 10.1 Å². The van der Waals surface area contributed by atoms with Gasteiger partial charge in [0.05, 0.1) is 21.6 Å². The van der Waals surface area contributed by atoms with Gasteiger partial charge in [-0.25, -0.2) is 4.98 Å². The van der Waals surface area contributed by atoms with Crippen LogP contribution in [0.4, 0.5) is 11.4 Å².